The Morgan fingerprint density at radius 1 is 1.00 bits per heavy atom. The summed E-state index contributed by atoms with van der Waals surface area (Å²) in [7, 11) is 0. The molecule has 36 heavy (non-hydrogen) atoms. The highest BCUT2D eigenvalue weighted by Gasteiger charge is 2.25. The normalized spacial score (nSPS) is 13.4. The molecule has 8 nitrogen and oxygen atoms in total. The number of nitrogens with zero attached hydrogens (tertiary/aromatic N) is 4. The summed E-state index contributed by atoms with van der Waals surface area (Å²) in [6.45, 7) is 6.38. The van der Waals surface area contributed by atoms with Gasteiger partial charge in [0, 0.05) is 63.7 Å². The number of carbonyl (C=O) groups is 3. The summed E-state index contributed by atoms with van der Waals surface area (Å²) < 4.78 is 0. The highest BCUT2D eigenvalue weighted by Crippen LogP contribution is 2.23. The second kappa shape index (κ2) is 11.8. The number of benzene rings is 2. The first-order valence-electron chi connectivity index (χ1n) is 12.0. The predicted octanol–water partition coefficient (Wildman–Crippen LogP) is 3.92. The third kappa shape index (κ3) is 6.69. The standard InChI is InChI=1S/C27H31N5O3S/c1-20-7-6-10-23(17-20)28-27-29-24(19-36-27)26(35)32(18-22-8-4-3-5-9-22)12-11-25(34)31-15-13-30(14-16-31)21(2)33/h3-10,17,19H,11-16,18H2,1-2H3,(H,28,29). The summed E-state index contributed by atoms with van der Waals surface area (Å²) in [5.41, 5.74) is 3.39. The van der Waals surface area contributed by atoms with E-state index in [9.17, 15) is 14.4 Å². The molecule has 188 valence electrons. The molecule has 1 aliphatic rings. The summed E-state index contributed by atoms with van der Waals surface area (Å²) in [4.78, 5) is 47.6. The summed E-state index contributed by atoms with van der Waals surface area (Å²) in [6, 6.07) is 17.7. The molecule has 1 saturated heterocycles. The fourth-order valence-electron chi connectivity index (χ4n) is 4.15. The van der Waals surface area contributed by atoms with Crippen LogP contribution in [0, 0.1) is 6.92 Å². The van der Waals surface area contributed by atoms with Crippen molar-refractivity contribution in [1.29, 1.82) is 0 Å². The largest absolute Gasteiger partial charge is 0.339 e. The number of amides is 3. The van der Waals surface area contributed by atoms with Gasteiger partial charge < -0.3 is 20.0 Å². The predicted molar refractivity (Wildman–Crippen MR) is 141 cm³/mol. The molecule has 1 aliphatic heterocycles. The van der Waals surface area contributed by atoms with Gasteiger partial charge in [-0.2, -0.15) is 0 Å². The lowest BCUT2D eigenvalue weighted by Gasteiger charge is -2.34. The van der Waals surface area contributed by atoms with Crippen LogP contribution in [0.1, 0.15) is 35.0 Å². The van der Waals surface area contributed by atoms with Crippen molar-refractivity contribution in [1.82, 2.24) is 19.7 Å². The molecular weight excluding hydrogens is 474 g/mol. The molecule has 0 aliphatic carbocycles. The van der Waals surface area contributed by atoms with Crippen LogP contribution in [-0.2, 0) is 16.1 Å². The summed E-state index contributed by atoms with van der Waals surface area (Å²) in [6.07, 6.45) is 0.219. The molecule has 0 saturated carbocycles. The maximum absolute atomic E-state index is 13.4. The number of nitrogens with one attached hydrogen (secondary N) is 1. The van der Waals surface area contributed by atoms with E-state index in [-0.39, 0.29) is 30.7 Å². The number of anilines is 2. The maximum atomic E-state index is 13.4. The minimum absolute atomic E-state index is 0.0101. The first-order valence-corrected chi connectivity index (χ1v) is 12.9. The highest BCUT2D eigenvalue weighted by molar-refractivity contribution is 7.14. The first kappa shape index (κ1) is 25.4. The number of aromatic nitrogens is 1. The van der Waals surface area contributed by atoms with Crippen molar-refractivity contribution in [3.63, 3.8) is 0 Å². The lowest BCUT2D eigenvalue weighted by molar-refractivity contribution is -0.138. The molecule has 3 amide bonds. The molecule has 3 aromatic rings. The number of aryl methyl sites for hydroxylation is 1. The van der Waals surface area contributed by atoms with Gasteiger partial charge in [-0.25, -0.2) is 4.98 Å². The minimum Gasteiger partial charge on any atom is -0.339 e. The van der Waals surface area contributed by atoms with Crippen LogP contribution in [0.15, 0.2) is 60.0 Å². The highest BCUT2D eigenvalue weighted by atomic mass is 32.1. The third-order valence-corrected chi connectivity index (χ3v) is 6.93. The monoisotopic (exact) mass is 505 g/mol. The lowest BCUT2D eigenvalue weighted by atomic mass is 10.2. The van der Waals surface area contributed by atoms with Gasteiger partial charge in [0.1, 0.15) is 5.69 Å². The van der Waals surface area contributed by atoms with E-state index in [0.29, 0.717) is 43.5 Å². The second-order valence-corrected chi connectivity index (χ2v) is 9.74. The molecule has 0 atom stereocenters. The number of piperazine rings is 1. The number of thiazole rings is 1. The Kier molecular flexibility index (Phi) is 8.32. The lowest BCUT2D eigenvalue weighted by Crippen LogP contribution is -2.50. The van der Waals surface area contributed by atoms with Crippen molar-refractivity contribution in [2.75, 3.05) is 38.0 Å². The maximum Gasteiger partial charge on any atom is 0.273 e. The summed E-state index contributed by atoms with van der Waals surface area (Å²) >= 11 is 1.37. The SMILES string of the molecule is CC(=O)N1CCN(C(=O)CCN(Cc2ccccc2)C(=O)c2csc(Nc3cccc(C)c3)n2)CC1. The zero-order chi connectivity index (χ0) is 25.5. The van der Waals surface area contributed by atoms with Gasteiger partial charge in [0.25, 0.3) is 5.91 Å². The molecule has 0 unspecified atom stereocenters. The van der Waals surface area contributed by atoms with Crippen LogP contribution in [0.4, 0.5) is 10.8 Å². The molecule has 2 heterocycles. The van der Waals surface area contributed by atoms with E-state index in [4.69, 9.17) is 0 Å². The quantitative estimate of drug-likeness (QED) is 0.502. The van der Waals surface area contributed by atoms with E-state index in [0.717, 1.165) is 16.8 Å². The summed E-state index contributed by atoms with van der Waals surface area (Å²) in [5, 5.41) is 5.65. The zero-order valence-electron chi connectivity index (χ0n) is 20.6. The van der Waals surface area contributed by atoms with E-state index in [1.807, 2.05) is 61.5 Å². The Morgan fingerprint density at radius 3 is 2.42 bits per heavy atom. The molecular formula is C27H31N5O3S. The molecule has 1 aromatic heterocycles. The fraction of sp³-hybridized carbons (Fsp3) is 0.333. The Labute approximate surface area is 215 Å². The van der Waals surface area contributed by atoms with E-state index >= 15 is 0 Å². The van der Waals surface area contributed by atoms with Gasteiger partial charge in [-0.1, -0.05) is 42.5 Å². The van der Waals surface area contributed by atoms with Crippen molar-refractivity contribution in [2.45, 2.75) is 26.8 Å². The zero-order valence-corrected chi connectivity index (χ0v) is 21.5. The van der Waals surface area contributed by atoms with Gasteiger partial charge in [-0.15, -0.1) is 11.3 Å². The van der Waals surface area contributed by atoms with Crippen LogP contribution in [-0.4, -0.2) is 70.1 Å². The fourth-order valence-corrected chi connectivity index (χ4v) is 4.86. The van der Waals surface area contributed by atoms with Crippen LogP contribution in [0.2, 0.25) is 0 Å². The van der Waals surface area contributed by atoms with Crippen molar-refractivity contribution >= 4 is 39.9 Å². The Bertz CT molecular complexity index is 1200. The van der Waals surface area contributed by atoms with E-state index in [2.05, 4.69) is 10.3 Å². The van der Waals surface area contributed by atoms with Gasteiger partial charge >= 0.3 is 0 Å². The van der Waals surface area contributed by atoms with Crippen molar-refractivity contribution in [2.24, 2.45) is 0 Å². The minimum atomic E-state index is -0.207. The molecule has 0 radical (unpaired) electrons. The smallest absolute Gasteiger partial charge is 0.273 e. The Morgan fingerprint density at radius 2 is 1.72 bits per heavy atom. The van der Waals surface area contributed by atoms with Crippen molar-refractivity contribution in [3.8, 4) is 0 Å². The van der Waals surface area contributed by atoms with Gasteiger partial charge in [0.15, 0.2) is 5.13 Å². The number of hydrogen-bond acceptors (Lipinski definition) is 6. The number of rotatable bonds is 8. The van der Waals surface area contributed by atoms with Gasteiger partial charge in [0.2, 0.25) is 11.8 Å². The molecule has 4 rings (SSSR count). The Balaban J connectivity index is 1.42. The third-order valence-electron chi connectivity index (χ3n) is 6.17. The van der Waals surface area contributed by atoms with Crippen molar-refractivity contribution in [3.05, 3.63) is 76.8 Å². The van der Waals surface area contributed by atoms with Crippen LogP contribution in [0.5, 0.6) is 0 Å². The van der Waals surface area contributed by atoms with E-state index < -0.39 is 0 Å². The summed E-state index contributed by atoms with van der Waals surface area (Å²) in [5.74, 6) is -0.188. The number of carbonyl (C=O) groups excluding carboxylic acids is 3. The topological polar surface area (TPSA) is 85.9 Å². The van der Waals surface area contributed by atoms with E-state index in [1.54, 1.807) is 27.0 Å². The molecule has 1 N–H and O–H groups in total. The van der Waals surface area contributed by atoms with Crippen LogP contribution in [0.25, 0.3) is 0 Å². The van der Waals surface area contributed by atoms with E-state index in [1.165, 1.54) is 11.3 Å². The first-order chi connectivity index (χ1) is 17.4. The average Bonchev–Trinajstić information content (AvgIpc) is 3.35. The van der Waals surface area contributed by atoms with Crippen LogP contribution < -0.4 is 5.32 Å². The van der Waals surface area contributed by atoms with Crippen LogP contribution in [0.3, 0.4) is 0 Å². The van der Waals surface area contributed by atoms with Gasteiger partial charge in [-0.05, 0) is 30.2 Å². The van der Waals surface area contributed by atoms with Crippen LogP contribution >= 0.6 is 11.3 Å². The van der Waals surface area contributed by atoms with Gasteiger partial charge in [0.05, 0.1) is 0 Å². The second-order valence-electron chi connectivity index (χ2n) is 8.88. The molecule has 9 heteroatoms. The van der Waals surface area contributed by atoms with Crippen molar-refractivity contribution < 1.29 is 14.4 Å². The molecule has 1 fully saturated rings. The van der Waals surface area contributed by atoms with Gasteiger partial charge in [-0.3, -0.25) is 14.4 Å². The molecule has 0 bridgehead atoms. The molecule has 0 spiro atoms. The average molecular weight is 506 g/mol. The molecule has 2 aromatic carbocycles. The number of hydrogen-bond donors (Lipinski definition) is 1. The Hall–Kier alpha value is -3.72.